The van der Waals surface area contributed by atoms with Crippen LogP contribution in [-0.4, -0.2) is 6.54 Å². The van der Waals surface area contributed by atoms with Gasteiger partial charge in [-0.15, -0.1) is 0 Å². The number of nitrogens with one attached hydrogen (secondary N) is 1. The van der Waals surface area contributed by atoms with Crippen molar-refractivity contribution in [3.8, 4) is 11.1 Å². The molecule has 0 radical (unpaired) electrons. The van der Waals surface area contributed by atoms with Gasteiger partial charge in [0.1, 0.15) is 0 Å². The molecule has 2 aromatic rings. The number of rotatable bonds is 1. The van der Waals surface area contributed by atoms with Crippen molar-refractivity contribution >= 4 is 5.69 Å². The van der Waals surface area contributed by atoms with Crippen molar-refractivity contribution in [2.24, 2.45) is 0 Å². The molecule has 92 valence electrons. The van der Waals surface area contributed by atoms with E-state index >= 15 is 0 Å². The summed E-state index contributed by atoms with van der Waals surface area (Å²) >= 11 is 0. The van der Waals surface area contributed by atoms with Crippen molar-refractivity contribution in [3.63, 3.8) is 0 Å². The molecular weight excluding hydrogens is 232 g/mol. The quantitative estimate of drug-likeness (QED) is 0.801. The molecule has 0 bridgehead atoms. The SMILES string of the molecule is Fc1ccc(-c2ccc3c(c2)NCCC3)cc1F. The Morgan fingerprint density at radius 2 is 1.67 bits per heavy atom. The van der Waals surface area contributed by atoms with Crippen molar-refractivity contribution < 1.29 is 8.78 Å². The van der Waals surface area contributed by atoms with E-state index in [2.05, 4.69) is 11.4 Å². The Bertz CT molecular complexity index is 593. The lowest BCUT2D eigenvalue weighted by Crippen LogP contribution is -2.11. The van der Waals surface area contributed by atoms with Gasteiger partial charge in [-0.2, -0.15) is 0 Å². The number of hydrogen-bond donors (Lipinski definition) is 1. The second-order valence-electron chi connectivity index (χ2n) is 4.53. The Morgan fingerprint density at radius 3 is 2.50 bits per heavy atom. The Morgan fingerprint density at radius 1 is 0.889 bits per heavy atom. The summed E-state index contributed by atoms with van der Waals surface area (Å²) in [6.07, 6.45) is 2.21. The van der Waals surface area contributed by atoms with Crippen LogP contribution in [0.15, 0.2) is 36.4 Å². The molecule has 0 aliphatic carbocycles. The van der Waals surface area contributed by atoms with Gasteiger partial charge in [0.2, 0.25) is 0 Å². The van der Waals surface area contributed by atoms with E-state index in [-0.39, 0.29) is 0 Å². The second kappa shape index (κ2) is 4.41. The molecule has 18 heavy (non-hydrogen) atoms. The van der Waals surface area contributed by atoms with Crippen LogP contribution in [0.2, 0.25) is 0 Å². The van der Waals surface area contributed by atoms with Crippen LogP contribution in [0.1, 0.15) is 12.0 Å². The maximum atomic E-state index is 13.2. The first-order valence-corrected chi connectivity index (χ1v) is 6.06. The second-order valence-corrected chi connectivity index (χ2v) is 4.53. The minimum absolute atomic E-state index is 0.698. The minimum Gasteiger partial charge on any atom is -0.385 e. The molecule has 0 atom stereocenters. The van der Waals surface area contributed by atoms with Crippen molar-refractivity contribution in [1.29, 1.82) is 0 Å². The maximum Gasteiger partial charge on any atom is 0.159 e. The van der Waals surface area contributed by atoms with E-state index in [1.54, 1.807) is 6.07 Å². The summed E-state index contributed by atoms with van der Waals surface area (Å²) < 4.78 is 26.1. The highest BCUT2D eigenvalue weighted by atomic mass is 19.2. The third kappa shape index (κ3) is 1.96. The van der Waals surface area contributed by atoms with Gasteiger partial charge in [0.25, 0.3) is 0 Å². The van der Waals surface area contributed by atoms with Gasteiger partial charge in [-0.3, -0.25) is 0 Å². The summed E-state index contributed by atoms with van der Waals surface area (Å²) in [7, 11) is 0. The number of hydrogen-bond acceptors (Lipinski definition) is 1. The monoisotopic (exact) mass is 245 g/mol. The number of benzene rings is 2. The average Bonchev–Trinajstić information content (AvgIpc) is 2.41. The topological polar surface area (TPSA) is 12.0 Å². The molecule has 0 amide bonds. The highest BCUT2D eigenvalue weighted by Crippen LogP contribution is 2.29. The first-order valence-electron chi connectivity index (χ1n) is 6.06. The lowest BCUT2D eigenvalue weighted by molar-refractivity contribution is 0.509. The highest BCUT2D eigenvalue weighted by molar-refractivity contribution is 5.70. The molecule has 3 rings (SSSR count). The van der Waals surface area contributed by atoms with Gasteiger partial charge in [0.05, 0.1) is 0 Å². The van der Waals surface area contributed by atoms with E-state index in [4.69, 9.17) is 0 Å². The Labute approximate surface area is 104 Å². The lowest BCUT2D eigenvalue weighted by atomic mass is 9.98. The fourth-order valence-electron chi connectivity index (χ4n) is 2.32. The number of halogens is 2. The first kappa shape index (κ1) is 11.2. The van der Waals surface area contributed by atoms with Crippen LogP contribution in [0.25, 0.3) is 11.1 Å². The van der Waals surface area contributed by atoms with Gasteiger partial charge in [-0.25, -0.2) is 8.78 Å². The van der Waals surface area contributed by atoms with Gasteiger partial charge in [0.15, 0.2) is 11.6 Å². The highest BCUT2D eigenvalue weighted by Gasteiger charge is 2.10. The lowest BCUT2D eigenvalue weighted by Gasteiger charge is -2.18. The van der Waals surface area contributed by atoms with E-state index < -0.39 is 11.6 Å². The predicted molar refractivity (Wildman–Crippen MR) is 68.6 cm³/mol. The molecule has 0 saturated carbocycles. The van der Waals surface area contributed by atoms with Crippen molar-refractivity contribution in [1.82, 2.24) is 0 Å². The normalized spacial score (nSPS) is 13.9. The molecule has 0 saturated heterocycles. The predicted octanol–water partition coefficient (Wildman–Crippen LogP) is 3.99. The molecule has 0 unspecified atom stereocenters. The molecule has 0 aromatic heterocycles. The summed E-state index contributed by atoms with van der Waals surface area (Å²) in [5.74, 6) is -1.62. The van der Waals surface area contributed by atoms with Gasteiger partial charge in [0, 0.05) is 12.2 Å². The van der Waals surface area contributed by atoms with Crippen LogP contribution in [-0.2, 0) is 6.42 Å². The molecule has 1 aliphatic heterocycles. The van der Waals surface area contributed by atoms with Crippen LogP contribution in [0.3, 0.4) is 0 Å². The fourth-order valence-corrected chi connectivity index (χ4v) is 2.32. The Hall–Kier alpha value is -1.90. The van der Waals surface area contributed by atoms with Crippen LogP contribution in [0.4, 0.5) is 14.5 Å². The summed E-state index contributed by atoms with van der Waals surface area (Å²) in [6, 6.07) is 10.0. The zero-order valence-corrected chi connectivity index (χ0v) is 9.84. The maximum absolute atomic E-state index is 13.2. The molecular formula is C15H13F2N. The zero-order chi connectivity index (χ0) is 12.5. The van der Waals surface area contributed by atoms with Crippen LogP contribution in [0.5, 0.6) is 0 Å². The van der Waals surface area contributed by atoms with E-state index in [1.165, 1.54) is 11.6 Å². The molecule has 1 N–H and O–H groups in total. The minimum atomic E-state index is -0.810. The Balaban J connectivity index is 2.03. The molecule has 3 heteroatoms. The van der Waals surface area contributed by atoms with Crippen molar-refractivity contribution in [3.05, 3.63) is 53.6 Å². The Kier molecular flexibility index (Phi) is 2.74. The van der Waals surface area contributed by atoms with Gasteiger partial charge in [-0.1, -0.05) is 18.2 Å². The van der Waals surface area contributed by atoms with Gasteiger partial charge >= 0.3 is 0 Å². The smallest absolute Gasteiger partial charge is 0.159 e. The van der Waals surface area contributed by atoms with Gasteiger partial charge < -0.3 is 5.32 Å². The zero-order valence-electron chi connectivity index (χ0n) is 9.84. The van der Waals surface area contributed by atoms with E-state index in [0.717, 1.165) is 36.7 Å². The largest absolute Gasteiger partial charge is 0.385 e. The standard InChI is InChI=1S/C15H13F2N/c16-13-6-5-11(8-14(13)17)12-4-3-10-2-1-7-18-15(10)9-12/h3-6,8-9,18H,1-2,7H2. The van der Waals surface area contributed by atoms with Crippen molar-refractivity contribution in [2.45, 2.75) is 12.8 Å². The molecule has 2 aromatic carbocycles. The summed E-state index contributed by atoms with van der Waals surface area (Å²) in [4.78, 5) is 0. The number of anilines is 1. The van der Waals surface area contributed by atoms with E-state index in [1.807, 2.05) is 12.1 Å². The summed E-state index contributed by atoms with van der Waals surface area (Å²) in [5.41, 5.74) is 3.99. The number of fused-ring (bicyclic) bond motifs is 1. The van der Waals surface area contributed by atoms with Gasteiger partial charge in [-0.05, 0) is 47.7 Å². The molecule has 0 fully saturated rings. The molecule has 1 aliphatic rings. The van der Waals surface area contributed by atoms with E-state index in [0.29, 0.717) is 5.56 Å². The summed E-state index contributed by atoms with van der Waals surface area (Å²) in [6.45, 7) is 0.967. The fraction of sp³-hybridized carbons (Fsp3) is 0.200. The molecule has 0 spiro atoms. The number of aryl methyl sites for hydroxylation is 1. The van der Waals surface area contributed by atoms with Crippen LogP contribution < -0.4 is 5.32 Å². The van der Waals surface area contributed by atoms with Crippen molar-refractivity contribution in [2.75, 3.05) is 11.9 Å². The molecule has 1 nitrogen and oxygen atoms in total. The first-order chi connectivity index (χ1) is 8.74. The summed E-state index contributed by atoms with van der Waals surface area (Å²) in [5, 5.41) is 3.33. The van der Waals surface area contributed by atoms with Crippen LogP contribution >= 0.6 is 0 Å². The third-order valence-corrected chi connectivity index (χ3v) is 3.30. The average molecular weight is 245 g/mol. The molecule has 1 heterocycles. The van der Waals surface area contributed by atoms with E-state index in [9.17, 15) is 8.78 Å². The van der Waals surface area contributed by atoms with Crippen LogP contribution in [0, 0.1) is 11.6 Å². The third-order valence-electron chi connectivity index (χ3n) is 3.30.